The molecule has 1 aliphatic carbocycles. The van der Waals surface area contributed by atoms with Gasteiger partial charge in [0.05, 0.1) is 0 Å². The first-order chi connectivity index (χ1) is 6.38. The van der Waals surface area contributed by atoms with Crippen LogP contribution in [0, 0.1) is 0 Å². The molecule has 0 spiro atoms. The van der Waals surface area contributed by atoms with Gasteiger partial charge in [0.15, 0.2) is 0 Å². The van der Waals surface area contributed by atoms with Crippen LogP contribution in [0.15, 0.2) is 11.6 Å². The van der Waals surface area contributed by atoms with Crippen molar-refractivity contribution in [3.8, 4) is 0 Å². The van der Waals surface area contributed by atoms with E-state index in [-0.39, 0.29) is 0 Å². The van der Waals surface area contributed by atoms with Crippen LogP contribution in [0.4, 0.5) is 0 Å². The summed E-state index contributed by atoms with van der Waals surface area (Å²) >= 11 is 0. The predicted octanol–water partition coefficient (Wildman–Crippen LogP) is 3.27. The van der Waals surface area contributed by atoms with Gasteiger partial charge in [-0.1, -0.05) is 31.9 Å². The van der Waals surface area contributed by atoms with Gasteiger partial charge in [-0.05, 0) is 38.6 Å². The van der Waals surface area contributed by atoms with E-state index in [0.29, 0.717) is 6.04 Å². The second-order valence-electron chi connectivity index (χ2n) is 3.92. The fraction of sp³-hybridized carbons (Fsp3) is 0.833. The lowest BCUT2D eigenvalue weighted by Crippen LogP contribution is -2.31. The first-order valence-electron chi connectivity index (χ1n) is 5.80. The average Bonchev–Trinajstić information content (AvgIpc) is 2.19. The maximum absolute atomic E-state index is 3.58. The summed E-state index contributed by atoms with van der Waals surface area (Å²) < 4.78 is 0. The summed E-state index contributed by atoms with van der Waals surface area (Å²) in [6, 6.07) is 0.676. The summed E-state index contributed by atoms with van der Waals surface area (Å²) in [5.41, 5.74) is 1.68. The van der Waals surface area contributed by atoms with E-state index in [9.17, 15) is 0 Å². The molecule has 0 amide bonds. The van der Waals surface area contributed by atoms with Crippen LogP contribution >= 0.6 is 0 Å². The molecular formula is C12H23N. The van der Waals surface area contributed by atoms with Crippen LogP contribution in [0.25, 0.3) is 0 Å². The van der Waals surface area contributed by atoms with Gasteiger partial charge in [-0.15, -0.1) is 0 Å². The molecule has 1 rings (SSSR count). The number of rotatable bonds is 5. The van der Waals surface area contributed by atoms with Crippen molar-refractivity contribution in [3.05, 3.63) is 11.6 Å². The molecule has 1 heteroatoms. The molecule has 0 saturated heterocycles. The summed E-state index contributed by atoms with van der Waals surface area (Å²) in [6.07, 6.45) is 10.5. The number of likely N-dealkylation sites (N-methyl/N-ethyl adjacent to an activating group) is 1. The normalized spacial score (nSPS) is 19.7. The monoisotopic (exact) mass is 181 g/mol. The summed E-state index contributed by atoms with van der Waals surface area (Å²) in [6.45, 7) is 5.57. The quantitative estimate of drug-likeness (QED) is 0.642. The largest absolute Gasteiger partial charge is 0.311 e. The van der Waals surface area contributed by atoms with Crippen molar-refractivity contribution in [1.29, 1.82) is 0 Å². The highest BCUT2D eigenvalue weighted by molar-refractivity contribution is 5.12. The van der Waals surface area contributed by atoms with E-state index in [0.717, 1.165) is 6.54 Å². The van der Waals surface area contributed by atoms with Crippen molar-refractivity contribution in [3.63, 3.8) is 0 Å². The van der Waals surface area contributed by atoms with Crippen molar-refractivity contribution >= 4 is 0 Å². The Morgan fingerprint density at radius 3 is 2.77 bits per heavy atom. The van der Waals surface area contributed by atoms with Gasteiger partial charge < -0.3 is 5.32 Å². The van der Waals surface area contributed by atoms with Gasteiger partial charge in [-0.3, -0.25) is 0 Å². The van der Waals surface area contributed by atoms with Gasteiger partial charge in [-0.2, -0.15) is 0 Å². The van der Waals surface area contributed by atoms with Crippen molar-refractivity contribution in [2.24, 2.45) is 0 Å². The highest BCUT2D eigenvalue weighted by Gasteiger charge is 2.13. The van der Waals surface area contributed by atoms with E-state index in [1.54, 1.807) is 5.57 Å². The highest BCUT2D eigenvalue weighted by Crippen LogP contribution is 2.22. The van der Waals surface area contributed by atoms with Crippen molar-refractivity contribution in [2.45, 2.75) is 58.4 Å². The second kappa shape index (κ2) is 6.20. The van der Waals surface area contributed by atoms with Crippen molar-refractivity contribution in [1.82, 2.24) is 5.32 Å². The number of allylic oxidation sites excluding steroid dienone is 1. The molecule has 1 nitrogen and oxygen atoms in total. The maximum Gasteiger partial charge on any atom is 0.0279 e. The lowest BCUT2D eigenvalue weighted by atomic mass is 9.91. The van der Waals surface area contributed by atoms with Crippen LogP contribution in [0.3, 0.4) is 0 Å². The van der Waals surface area contributed by atoms with Crippen LogP contribution in [-0.2, 0) is 0 Å². The highest BCUT2D eigenvalue weighted by atomic mass is 14.9. The Morgan fingerprint density at radius 2 is 2.23 bits per heavy atom. The molecule has 0 aliphatic heterocycles. The van der Waals surface area contributed by atoms with Gasteiger partial charge in [0.25, 0.3) is 0 Å². The van der Waals surface area contributed by atoms with E-state index in [1.165, 1.54) is 38.5 Å². The summed E-state index contributed by atoms with van der Waals surface area (Å²) in [5.74, 6) is 0. The number of hydrogen-bond acceptors (Lipinski definition) is 1. The topological polar surface area (TPSA) is 12.0 Å². The molecule has 0 heterocycles. The van der Waals surface area contributed by atoms with E-state index >= 15 is 0 Å². The standard InChI is InChI=1S/C12H23N/c1-3-8-12(13-4-2)11-9-6-5-7-10-11/h9,12-13H,3-8,10H2,1-2H3. The fourth-order valence-corrected chi connectivity index (χ4v) is 2.13. The maximum atomic E-state index is 3.58. The predicted molar refractivity (Wildman–Crippen MR) is 58.9 cm³/mol. The molecule has 0 saturated carbocycles. The zero-order valence-electron chi connectivity index (χ0n) is 9.10. The van der Waals surface area contributed by atoms with Gasteiger partial charge in [0, 0.05) is 6.04 Å². The Kier molecular flexibility index (Phi) is 5.14. The summed E-state index contributed by atoms with van der Waals surface area (Å²) in [7, 11) is 0. The van der Waals surface area contributed by atoms with Crippen LogP contribution in [0.2, 0.25) is 0 Å². The van der Waals surface area contributed by atoms with Crippen molar-refractivity contribution in [2.75, 3.05) is 6.54 Å². The third-order valence-corrected chi connectivity index (χ3v) is 2.80. The van der Waals surface area contributed by atoms with Gasteiger partial charge in [0.1, 0.15) is 0 Å². The van der Waals surface area contributed by atoms with E-state index < -0.39 is 0 Å². The molecule has 1 N–H and O–H groups in total. The molecule has 76 valence electrons. The molecule has 1 unspecified atom stereocenters. The van der Waals surface area contributed by atoms with E-state index in [2.05, 4.69) is 25.2 Å². The molecule has 0 aromatic heterocycles. The lowest BCUT2D eigenvalue weighted by molar-refractivity contribution is 0.510. The van der Waals surface area contributed by atoms with E-state index in [1.807, 2.05) is 0 Å². The van der Waals surface area contributed by atoms with E-state index in [4.69, 9.17) is 0 Å². The molecule has 0 radical (unpaired) electrons. The van der Waals surface area contributed by atoms with Crippen LogP contribution in [-0.4, -0.2) is 12.6 Å². The Labute approximate surface area is 82.6 Å². The average molecular weight is 181 g/mol. The SMILES string of the molecule is CCCC(NCC)C1=CCCCC1. The molecule has 0 aromatic carbocycles. The van der Waals surface area contributed by atoms with Crippen LogP contribution < -0.4 is 5.32 Å². The Bertz CT molecular complexity index is 155. The summed E-state index contributed by atoms with van der Waals surface area (Å²) in [4.78, 5) is 0. The molecule has 1 aliphatic rings. The zero-order chi connectivity index (χ0) is 9.52. The molecule has 1 atom stereocenters. The fourth-order valence-electron chi connectivity index (χ4n) is 2.13. The Morgan fingerprint density at radius 1 is 1.38 bits per heavy atom. The van der Waals surface area contributed by atoms with Gasteiger partial charge in [-0.25, -0.2) is 0 Å². The Hall–Kier alpha value is -0.300. The minimum absolute atomic E-state index is 0.676. The molecule has 0 bridgehead atoms. The third-order valence-electron chi connectivity index (χ3n) is 2.80. The number of nitrogens with one attached hydrogen (secondary N) is 1. The Balaban J connectivity index is 2.46. The smallest absolute Gasteiger partial charge is 0.0279 e. The third kappa shape index (κ3) is 3.51. The number of hydrogen-bond donors (Lipinski definition) is 1. The lowest BCUT2D eigenvalue weighted by Gasteiger charge is -2.23. The van der Waals surface area contributed by atoms with Gasteiger partial charge >= 0.3 is 0 Å². The molecular weight excluding hydrogens is 158 g/mol. The molecule has 13 heavy (non-hydrogen) atoms. The van der Waals surface area contributed by atoms with Crippen LogP contribution in [0.5, 0.6) is 0 Å². The van der Waals surface area contributed by atoms with Gasteiger partial charge in [0.2, 0.25) is 0 Å². The zero-order valence-corrected chi connectivity index (χ0v) is 9.10. The second-order valence-corrected chi connectivity index (χ2v) is 3.92. The molecule has 0 fully saturated rings. The summed E-state index contributed by atoms with van der Waals surface area (Å²) in [5, 5.41) is 3.58. The first-order valence-corrected chi connectivity index (χ1v) is 5.80. The van der Waals surface area contributed by atoms with Crippen molar-refractivity contribution < 1.29 is 0 Å². The minimum Gasteiger partial charge on any atom is -0.311 e. The minimum atomic E-state index is 0.676. The first kappa shape index (κ1) is 10.8. The molecule has 0 aromatic rings. The van der Waals surface area contributed by atoms with Crippen LogP contribution in [0.1, 0.15) is 52.4 Å².